The van der Waals surface area contributed by atoms with Crippen LogP contribution in [0.25, 0.3) is 0 Å². The molecule has 0 saturated heterocycles. The van der Waals surface area contributed by atoms with Crippen LogP contribution in [-0.4, -0.2) is 25.8 Å². The molecule has 1 aromatic rings. The summed E-state index contributed by atoms with van der Waals surface area (Å²) in [5, 5.41) is 9.10. The van der Waals surface area contributed by atoms with Gasteiger partial charge in [0.15, 0.2) is 0 Å². The molecule has 1 aliphatic rings. The zero-order valence-corrected chi connectivity index (χ0v) is 13.8. The summed E-state index contributed by atoms with van der Waals surface area (Å²) in [5.41, 5.74) is 0.295. The highest BCUT2D eigenvalue weighted by atomic mass is 35.5. The van der Waals surface area contributed by atoms with Crippen molar-refractivity contribution < 1.29 is 8.42 Å². The lowest BCUT2D eigenvalue weighted by Gasteiger charge is -2.33. The standard InChI is InChI=1S/C15H19ClN2O2S/c1-11-4-3-5-13(8-11)18(2)21(19,20)15-9-12(10-17)6-7-14(15)16/h6-7,9,11,13H,3-5,8H2,1-2H3. The van der Waals surface area contributed by atoms with Crippen LogP contribution in [0.2, 0.25) is 5.02 Å². The predicted molar refractivity (Wildman–Crippen MR) is 82.5 cm³/mol. The lowest BCUT2D eigenvalue weighted by atomic mass is 9.87. The van der Waals surface area contributed by atoms with Gasteiger partial charge in [-0.1, -0.05) is 31.4 Å². The summed E-state index contributed by atoms with van der Waals surface area (Å²) in [6, 6.07) is 6.28. The van der Waals surface area contributed by atoms with Crippen LogP contribution in [-0.2, 0) is 10.0 Å². The first-order valence-electron chi connectivity index (χ1n) is 7.04. The van der Waals surface area contributed by atoms with Gasteiger partial charge in [-0.2, -0.15) is 9.57 Å². The smallest absolute Gasteiger partial charge is 0.207 e. The van der Waals surface area contributed by atoms with Crippen LogP contribution in [0.1, 0.15) is 38.2 Å². The van der Waals surface area contributed by atoms with E-state index in [1.165, 1.54) is 22.5 Å². The second-order valence-corrected chi connectivity index (χ2v) is 8.08. The SMILES string of the molecule is CC1CCCC(N(C)S(=O)(=O)c2cc(C#N)ccc2Cl)C1. The highest BCUT2D eigenvalue weighted by Crippen LogP contribution is 2.32. The van der Waals surface area contributed by atoms with Gasteiger partial charge >= 0.3 is 0 Å². The first-order valence-corrected chi connectivity index (χ1v) is 8.85. The molecule has 0 spiro atoms. The molecule has 2 unspecified atom stereocenters. The third kappa shape index (κ3) is 3.39. The highest BCUT2D eigenvalue weighted by Gasteiger charge is 2.32. The molecule has 1 aromatic carbocycles. The molecule has 4 nitrogen and oxygen atoms in total. The summed E-state index contributed by atoms with van der Waals surface area (Å²) < 4.78 is 26.9. The molecule has 0 heterocycles. The average Bonchev–Trinajstić information content (AvgIpc) is 2.46. The molecular formula is C15H19ClN2O2S. The van der Waals surface area contributed by atoms with E-state index in [-0.39, 0.29) is 16.0 Å². The number of benzene rings is 1. The van der Waals surface area contributed by atoms with E-state index in [0.29, 0.717) is 11.5 Å². The number of hydrogen-bond acceptors (Lipinski definition) is 3. The molecule has 0 amide bonds. The van der Waals surface area contributed by atoms with Gasteiger partial charge in [0.05, 0.1) is 16.7 Å². The van der Waals surface area contributed by atoms with Gasteiger partial charge in [0.2, 0.25) is 10.0 Å². The van der Waals surface area contributed by atoms with Crippen molar-refractivity contribution in [1.29, 1.82) is 5.26 Å². The number of nitrogens with zero attached hydrogens (tertiary/aromatic N) is 2. The van der Waals surface area contributed by atoms with Gasteiger partial charge in [-0.15, -0.1) is 0 Å². The second kappa shape index (κ2) is 6.35. The molecule has 1 saturated carbocycles. The first kappa shape index (κ1) is 16.3. The van der Waals surface area contributed by atoms with Crippen LogP contribution in [0.5, 0.6) is 0 Å². The molecule has 0 aromatic heterocycles. The Morgan fingerprint density at radius 3 is 2.71 bits per heavy atom. The highest BCUT2D eigenvalue weighted by molar-refractivity contribution is 7.89. The maximum atomic E-state index is 12.8. The maximum absolute atomic E-state index is 12.8. The number of halogens is 1. The largest absolute Gasteiger partial charge is 0.244 e. The Hall–Kier alpha value is -1.09. The zero-order valence-electron chi connectivity index (χ0n) is 12.2. The fourth-order valence-electron chi connectivity index (χ4n) is 2.85. The Kier molecular flexibility index (Phi) is 4.92. The lowest BCUT2D eigenvalue weighted by Crippen LogP contribution is -2.39. The Morgan fingerprint density at radius 1 is 1.38 bits per heavy atom. The minimum atomic E-state index is -3.68. The molecule has 0 aliphatic heterocycles. The van der Waals surface area contributed by atoms with Crippen LogP contribution in [0.3, 0.4) is 0 Å². The molecule has 0 bridgehead atoms. The van der Waals surface area contributed by atoms with Gasteiger partial charge in [-0.25, -0.2) is 8.42 Å². The monoisotopic (exact) mass is 326 g/mol. The van der Waals surface area contributed by atoms with E-state index in [0.717, 1.165) is 25.7 Å². The minimum Gasteiger partial charge on any atom is -0.207 e. The van der Waals surface area contributed by atoms with E-state index in [1.807, 2.05) is 6.07 Å². The van der Waals surface area contributed by atoms with Crippen molar-refractivity contribution >= 4 is 21.6 Å². The van der Waals surface area contributed by atoms with Crippen LogP contribution >= 0.6 is 11.6 Å². The summed E-state index contributed by atoms with van der Waals surface area (Å²) in [6.45, 7) is 2.15. The average molecular weight is 327 g/mol. The van der Waals surface area contributed by atoms with Gasteiger partial charge in [-0.05, 0) is 37.0 Å². The van der Waals surface area contributed by atoms with Gasteiger partial charge in [-0.3, -0.25) is 0 Å². The van der Waals surface area contributed by atoms with E-state index in [4.69, 9.17) is 16.9 Å². The molecule has 0 radical (unpaired) electrons. The second-order valence-electron chi connectivity index (χ2n) is 5.70. The number of sulfonamides is 1. The van der Waals surface area contributed by atoms with Crippen molar-refractivity contribution in [2.45, 2.75) is 43.5 Å². The Bertz CT molecular complexity index is 667. The topological polar surface area (TPSA) is 61.2 Å². The van der Waals surface area contributed by atoms with E-state index >= 15 is 0 Å². The molecular weight excluding hydrogens is 308 g/mol. The maximum Gasteiger partial charge on any atom is 0.244 e. The predicted octanol–water partition coefficient (Wildman–Crippen LogP) is 3.41. The molecule has 1 fully saturated rings. The Morgan fingerprint density at radius 2 is 2.10 bits per heavy atom. The lowest BCUT2D eigenvalue weighted by molar-refractivity contribution is 0.239. The molecule has 2 atom stereocenters. The fourth-order valence-corrected chi connectivity index (χ4v) is 4.75. The molecule has 0 N–H and O–H groups in total. The van der Waals surface area contributed by atoms with Crippen molar-refractivity contribution in [3.63, 3.8) is 0 Å². The quantitative estimate of drug-likeness (QED) is 0.855. The molecule has 6 heteroatoms. The summed E-state index contributed by atoms with van der Waals surface area (Å²) in [7, 11) is -2.07. The van der Waals surface area contributed by atoms with Gasteiger partial charge < -0.3 is 0 Å². The van der Waals surface area contributed by atoms with Crippen molar-refractivity contribution in [3.8, 4) is 6.07 Å². The fraction of sp³-hybridized carbons (Fsp3) is 0.533. The molecule has 21 heavy (non-hydrogen) atoms. The molecule has 1 aliphatic carbocycles. The van der Waals surface area contributed by atoms with Crippen molar-refractivity contribution in [1.82, 2.24) is 4.31 Å². The van der Waals surface area contributed by atoms with E-state index in [1.54, 1.807) is 7.05 Å². The summed E-state index contributed by atoms with van der Waals surface area (Å²) in [5.74, 6) is 0.530. The normalized spacial score (nSPS) is 23.0. The van der Waals surface area contributed by atoms with Gasteiger partial charge in [0.1, 0.15) is 4.90 Å². The van der Waals surface area contributed by atoms with E-state index < -0.39 is 10.0 Å². The first-order chi connectivity index (χ1) is 9.86. The molecule has 114 valence electrons. The third-order valence-electron chi connectivity index (χ3n) is 4.14. The number of nitriles is 1. The zero-order chi connectivity index (χ0) is 15.6. The molecule has 2 rings (SSSR count). The van der Waals surface area contributed by atoms with E-state index in [2.05, 4.69) is 6.92 Å². The van der Waals surface area contributed by atoms with Crippen LogP contribution in [0.15, 0.2) is 23.1 Å². The minimum absolute atomic E-state index is 0.000517. The van der Waals surface area contributed by atoms with Crippen molar-refractivity contribution in [3.05, 3.63) is 28.8 Å². The Balaban J connectivity index is 2.35. The third-order valence-corrected chi connectivity index (χ3v) is 6.53. The Labute approximate surface area is 131 Å². The number of hydrogen-bond donors (Lipinski definition) is 0. The summed E-state index contributed by atoms with van der Waals surface area (Å²) >= 11 is 6.03. The summed E-state index contributed by atoms with van der Waals surface area (Å²) in [6.07, 6.45) is 3.92. The van der Waals surface area contributed by atoms with Crippen molar-refractivity contribution in [2.75, 3.05) is 7.05 Å². The van der Waals surface area contributed by atoms with E-state index in [9.17, 15) is 8.42 Å². The van der Waals surface area contributed by atoms with Crippen LogP contribution in [0.4, 0.5) is 0 Å². The summed E-state index contributed by atoms with van der Waals surface area (Å²) in [4.78, 5) is 0.0175. The van der Waals surface area contributed by atoms with Crippen molar-refractivity contribution in [2.24, 2.45) is 5.92 Å². The van der Waals surface area contributed by atoms with Gasteiger partial charge in [0.25, 0.3) is 0 Å². The van der Waals surface area contributed by atoms with Crippen LogP contribution in [0, 0.1) is 17.2 Å². The van der Waals surface area contributed by atoms with Crippen LogP contribution < -0.4 is 0 Å². The van der Waals surface area contributed by atoms with Gasteiger partial charge in [0, 0.05) is 13.1 Å². The number of rotatable bonds is 3.